The van der Waals surface area contributed by atoms with E-state index >= 15 is 0 Å². The minimum Gasteiger partial charge on any atom is -0.376 e. The maximum atomic E-state index is 11.7. The van der Waals surface area contributed by atoms with Gasteiger partial charge in [0, 0.05) is 23.9 Å². The summed E-state index contributed by atoms with van der Waals surface area (Å²) in [4.78, 5) is 11.7. The standard InChI is InChI=1S/C13H17ClN2O2/c1-9-4-5-10(14)7-12(9)16-13(17)15-8-11-3-2-6-18-11/h4-5,7,11H,2-3,6,8H2,1H3,(H2,15,16,17)/t11-/m0/s1. The van der Waals surface area contributed by atoms with E-state index in [0.29, 0.717) is 11.6 Å². The van der Waals surface area contributed by atoms with Crippen LogP contribution in [0.2, 0.25) is 5.02 Å². The molecule has 0 unspecified atom stereocenters. The second kappa shape index (κ2) is 6.07. The minimum absolute atomic E-state index is 0.149. The van der Waals surface area contributed by atoms with Crippen molar-refractivity contribution in [1.82, 2.24) is 5.32 Å². The first-order chi connectivity index (χ1) is 8.65. The van der Waals surface area contributed by atoms with Crippen molar-refractivity contribution in [3.8, 4) is 0 Å². The quantitative estimate of drug-likeness (QED) is 0.886. The molecule has 1 aromatic rings. The third-order valence-electron chi connectivity index (χ3n) is 2.96. The summed E-state index contributed by atoms with van der Waals surface area (Å²) in [5.74, 6) is 0. The Morgan fingerprint density at radius 1 is 1.56 bits per heavy atom. The second-order valence-corrected chi connectivity index (χ2v) is 4.87. The number of benzene rings is 1. The fourth-order valence-electron chi connectivity index (χ4n) is 1.91. The maximum Gasteiger partial charge on any atom is 0.319 e. The van der Waals surface area contributed by atoms with Gasteiger partial charge in [0.25, 0.3) is 0 Å². The van der Waals surface area contributed by atoms with Crippen molar-refractivity contribution in [2.24, 2.45) is 0 Å². The lowest BCUT2D eigenvalue weighted by atomic mass is 10.2. The number of rotatable bonds is 3. The van der Waals surface area contributed by atoms with E-state index in [9.17, 15) is 4.79 Å². The zero-order valence-electron chi connectivity index (χ0n) is 10.3. The number of hydrogen-bond donors (Lipinski definition) is 2. The van der Waals surface area contributed by atoms with Crippen LogP contribution in [0.5, 0.6) is 0 Å². The van der Waals surface area contributed by atoms with Crippen LogP contribution in [0.15, 0.2) is 18.2 Å². The van der Waals surface area contributed by atoms with Gasteiger partial charge >= 0.3 is 6.03 Å². The Kier molecular flexibility index (Phi) is 4.44. The van der Waals surface area contributed by atoms with Gasteiger partial charge in [0.1, 0.15) is 0 Å². The van der Waals surface area contributed by atoms with Crippen LogP contribution >= 0.6 is 11.6 Å². The predicted molar refractivity (Wildman–Crippen MR) is 72.2 cm³/mol. The summed E-state index contributed by atoms with van der Waals surface area (Å²) < 4.78 is 5.43. The van der Waals surface area contributed by atoms with Gasteiger partial charge in [-0.25, -0.2) is 4.79 Å². The Balaban J connectivity index is 1.84. The van der Waals surface area contributed by atoms with E-state index in [2.05, 4.69) is 10.6 Å². The number of anilines is 1. The summed E-state index contributed by atoms with van der Waals surface area (Å²) >= 11 is 5.89. The molecule has 0 bridgehead atoms. The lowest BCUT2D eigenvalue weighted by Crippen LogP contribution is -2.35. The summed E-state index contributed by atoms with van der Waals surface area (Å²) in [6, 6.07) is 5.18. The predicted octanol–water partition coefficient (Wildman–Crippen LogP) is 2.95. The second-order valence-electron chi connectivity index (χ2n) is 4.43. The van der Waals surface area contributed by atoms with E-state index in [1.807, 2.05) is 13.0 Å². The van der Waals surface area contributed by atoms with Crippen LogP contribution in [0.4, 0.5) is 10.5 Å². The Hall–Kier alpha value is -1.26. The number of carbonyl (C=O) groups excluding carboxylic acids is 1. The van der Waals surface area contributed by atoms with Gasteiger partial charge in [0.2, 0.25) is 0 Å². The highest BCUT2D eigenvalue weighted by atomic mass is 35.5. The molecular formula is C13H17ClN2O2. The van der Waals surface area contributed by atoms with Crippen LogP contribution in [0, 0.1) is 6.92 Å². The Morgan fingerprint density at radius 3 is 3.11 bits per heavy atom. The molecule has 98 valence electrons. The molecule has 2 amide bonds. The minimum atomic E-state index is -0.226. The van der Waals surface area contributed by atoms with E-state index in [0.717, 1.165) is 30.7 Å². The van der Waals surface area contributed by atoms with E-state index in [-0.39, 0.29) is 12.1 Å². The lowest BCUT2D eigenvalue weighted by molar-refractivity contribution is 0.112. The first kappa shape index (κ1) is 13.2. The van der Waals surface area contributed by atoms with E-state index in [1.54, 1.807) is 12.1 Å². The Labute approximate surface area is 112 Å². The normalized spacial score (nSPS) is 18.7. The van der Waals surface area contributed by atoms with Crippen LogP contribution in [0.1, 0.15) is 18.4 Å². The molecule has 5 heteroatoms. The van der Waals surface area contributed by atoms with E-state index < -0.39 is 0 Å². The smallest absolute Gasteiger partial charge is 0.319 e. The van der Waals surface area contributed by atoms with Gasteiger partial charge in [-0.3, -0.25) is 0 Å². The molecule has 1 saturated heterocycles. The van der Waals surface area contributed by atoms with Crippen molar-refractivity contribution in [3.05, 3.63) is 28.8 Å². The molecule has 1 heterocycles. The fourth-order valence-corrected chi connectivity index (χ4v) is 2.08. The average Bonchev–Trinajstić information content (AvgIpc) is 2.84. The summed E-state index contributed by atoms with van der Waals surface area (Å²) in [5.41, 5.74) is 1.71. The first-order valence-electron chi connectivity index (χ1n) is 6.08. The van der Waals surface area contributed by atoms with Crippen LogP contribution in [-0.4, -0.2) is 25.3 Å². The first-order valence-corrected chi connectivity index (χ1v) is 6.45. The van der Waals surface area contributed by atoms with E-state index in [4.69, 9.17) is 16.3 Å². The molecule has 4 nitrogen and oxygen atoms in total. The average molecular weight is 269 g/mol. The number of hydrogen-bond acceptors (Lipinski definition) is 2. The number of ether oxygens (including phenoxy) is 1. The third-order valence-corrected chi connectivity index (χ3v) is 3.20. The Bertz CT molecular complexity index is 431. The van der Waals surface area contributed by atoms with Crippen molar-refractivity contribution < 1.29 is 9.53 Å². The number of urea groups is 1. The van der Waals surface area contributed by atoms with Crippen LogP contribution in [-0.2, 0) is 4.74 Å². The van der Waals surface area contributed by atoms with Gasteiger partial charge in [-0.2, -0.15) is 0 Å². The van der Waals surface area contributed by atoms with Crippen molar-refractivity contribution >= 4 is 23.3 Å². The number of aryl methyl sites for hydroxylation is 1. The van der Waals surface area contributed by atoms with Crippen molar-refractivity contribution in [1.29, 1.82) is 0 Å². The molecule has 1 atom stereocenters. The van der Waals surface area contributed by atoms with Gasteiger partial charge in [-0.1, -0.05) is 17.7 Å². The van der Waals surface area contributed by atoms with Gasteiger partial charge in [-0.05, 0) is 37.5 Å². The SMILES string of the molecule is Cc1ccc(Cl)cc1NC(=O)NC[C@@H]1CCCO1. The molecule has 0 aromatic heterocycles. The largest absolute Gasteiger partial charge is 0.376 e. The molecule has 1 aliphatic heterocycles. The topological polar surface area (TPSA) is 50.4 Å². The Morgan fingerprint density at radius 2 is 2.39 bits per heavy atom. The molecule has 1 fully saturated rings. The maximum absolute atomic E-state index is 11.7. The zero-order valence-corrected chi connectivity index (χ0v) is 11.1. The molecule has 0 spiro atoms. The highest BCUT2D eigenvalue weighted by molar-refractivity contribution is 6.31. The van der Waals surface area contributed by atoms with Crippen LogP contribution in [0.25, 0.3) is 0 Å². The van der Waals surface area contributed by atoms with Gasteiger partial charge in [0.05, 0.1) is 6.10 Å². The molecule has 1 aliphatic rings. The van der Waals surface area contributed by atoms with Crippen molar-refractivity contribution in [2.45, 2.75) is 25.9 Å². The van der Waals surface area contributed by atoms with Gasteiger partial charge in [-0.15, -0.1) is 0 Å². The number of amides is 2. The highest BCUT2D eigenvalue weighted by Gasteiger charge is 2.16. The molecule has 0 saturated carbocycles. The van der Waals surface area contributed by atoms with Gasteiger partial charge < -0.3 is 15.4 Å². The number of halogens is 1. The van der Waals surface area contributed by atoms with Crippen LogP contribution < -0.4 is 10.6 Å². The molecular weight excluding hydrogens is 252 g/mol. The van der Waals surface area contributed by atoms with Crippen molar-refractivity contribution in [2.75, 3.05) is 18.5 Å². The fraction of sp³-hybridized carbons (Fsp3) is 0.462. The van der Waals surface area contributed by atoms with Gasteiger partial charge in [0.15, 0.2) is 0 Å². The summed E-state index contributed by atoms with van der Waals surface area (Å²) in [7, 11) is 0. The highest BCUT2D eigenvalue weighted by Crippen LogP contribution is 2.20. The third kappa shape index (κ3) is 3.62. The molecule has 1 aromatic carbocycles. The van der Waals surface area contributed by atoms with Crippen LogP contribution in [0.3, 0.4) is 0 Å². The zero-order chi connectivity index (χ0) is 13.0. The summed E-state index contributed by atoms with van der Waals surface area (Å²) in [5, 5.41) is 6.19. The molecule has 2 N–H and O–H groups in total. The number of carbonyl (C=O) groups is 1. The molecule has 18 heavy (non-hydrogen) atoms. The molecule has 0 radical (unpaired) electrons. The summed E-state index contributed by atoms with van der Waals surface area (Å²) in [6.45, 7) is 3.26. The molecule has 2 rings (SSSR count). The summed E-state index contributed by atoms with van der Waals surface area (Å²) in [6.07, 6.45) is 2.23. The van der Waals surface area contributed by atoms with E-state index in [1.165, 1.54) is 0 Å². The monoisotopic (exact) mass is 268 g/mol. The van der Waals surface area contributed by atoms with Crippen molar-refractivity contribution in [3.63, 3.8) is 0 Å². The number of nitrogens with one attached hydrogen (secondary N) is 2. The molecule has 0 aliphatic carbocycles. The lowest BCUT2D eigenvalue weighted by Gasteiger charge is -2.13.